The Labute approximate surface area is 155 Å². The van der Waals surface area contributed by atoms with E-state index in [4.69, 9.17) is 4.99 Å². The minimum atomic E-state index is 0.472. The third kappa shape index (κ3) is 3.08. The molecule has 0 saturated carbocycles. The second-order valence-corrected chi connectivity index (χ2v) is 7.40. The van der Waals surface area contributed by atoms with Crippen molar-refractivity contribution in [2.24, 2.45) is 4.99 Å². The highest BCUT2D eigenvalue weighted by Gasteiger charge is 2.23. The lowest BCUT2D eigenvalue weighted by Crippen LogP contribution is -2.12. The first-order chi connectivity index (χ1) is 12.6. The fraction of sp³-hybridized carbons (Fsp3) is 0.250. The molecular formula is C24H24N2. The van der Waals surface area contributed by atoms with Crippen LogP contribution in [0.15, 0.2) is 71.9 Å². The maximum atomic E-state index is 5.12. The van der Waals surface area contributed by atoms with Gasteiger partial charge in [-0.2, -0.15) is 0 Å². The number of rotatable bonds is 3. The highest BCUT2D eigenvalue weighted by molar-refractivity contribution is 6.04. The van der Waals surface area contributed by atoms with Crippen LogP contribution in [0.4, 0.5) is 5.69 Å². The van der Waals surface area contributed by atoms with E-state index in [2.05, 4.69) is 74.3 Å². The molecule has 0 amide bonds. The number of benzene rings is 2. The Morgan fingerprint density at radius 3 is 2.50 bits per heavy atom. The van der Waals surface area contributed by atoms with E-state index in [0.717, 1.165) is 17.7 Å². The summed E-state index contributed by atoms with van der Waals surface area (Å²) < 4.78 is 0. The molecule has 3 aromatic rings. The molecule has 0 aliphatic carbocycles. The second kappa shape index (κ2) is 6.87. The van der Waals surface area contributed by atoms with Crippen LogP contribution in [0.2, 0.25) is 0 Å². The molecule has 1 aromatic heterocycles. The van der Waals surface area contributed by atoms with Crippen LogP contribution < -0.4 is 0 Å². The molecule has 1 atom stereocenters. The van der Waals surface area contributed by atoms with Crippen molar-refractivity contribution in [3.63, 3.8) is 0 Å². The molecular weight excluding hydrogens is 316 g/mol. The van der Waals surface area contributed by atoms with Crippen molar-refractivity contribution in [3.05, 3.63) is 83.6 Å². The van der Waals surface area contributed by atoms with Crippen LogP contribution in [-0.2, 0) is 0 Å². The van der Waals surface area contributed by atoms with E-state index in [9.17, 15) is 0 Å². The van der Waals surface area contributed by atoms with Gasteiger partial charge in [0.25, 0.3) is 0 Å². The Hall–Kier alpha value is -2.74. The van der Waals surface area contributed by atoms with Gasteiger partial charge in [-0.15, -0.1) is 0 Å². The van der Waals surface area contributed by atoms with E-state index in [-0.39, 0.29) is 0 Å². The van der Waals surface area contributed by atoms with Gasteiger partial charge in [0, 0.05) is 17.5 Å². The Kier molecular flexibility index (Phi) is 4.42. The fourth-order valence-electron chi connectivity index (χ4n) is 3.73. The summed E-state index contributed by atoms with van der Waals surface area (Å²) in [6, 6.07) is 21.3. The van der Waals surface area contributed by atoms with E-state index < -0.39 is 0 Å². The Bertz CT molecular complexity index is 955. The molecule has 130 valence electrons. The summed E-state index contributed by atoms with van der Waals surface area (Å²) >= 11 is 0. The van der Waals surface area contributed by atoms with E-state index >= 15 is 0 Å². The molecule has 0 saturated heterocycles. The quantitative estimate of drug-likeness (QED) is 0.534. The molecule has 2 nitrogen and oxygen atoms in total. The molecule has 1 unspecified atom stereocenters. The number of hydrogen-bond donors (Lipinski definition) is 0. The van der Waals surface area contributed by atoms with Gasteiger partial charge in [0.05, 0.1) is 11.4 Å². The van der Waals surface area contributed by atoms with Crippen LogP contribution in [0.3, 0.4) is 0 Å². The zero-order valence-corrected chi connectivity index (χ0v) is 15.6. The number of para-hydroxylation sites is 1. The van der Waals surface area contributed by atoms with Crippen molar-refractivity contribution in [1.29, 1.82) is 0 Å². The van der Waals surface area contributed by atoms with E-state index in [1.165, 1.54) is 28.1 Å². The second-order valence-electron chi connectivity index (χ2n) is 7.40. The first-order valence-electron chi connectivity index (χ1n) is 9.35. The third-order valence-corrected chi connectivity index (χ3v) is 5.15. The number of fused-ring (bicyclic) bond motifs is 1. The van der Waals surface area contributed by atoms with E-state index in [0.29, 0.717) is 11.8 Å². The van der Waals surface area contributed by atoms with Gasteiger partial charge < -0.3 is 0 Å². The van der Waals surface area contributed by atoms with Gasteiger partial charge in [-0.3, -0.25) is 9.98 Å². The molecule has 2 heteroatoms. The summed E-state index contributed by atoms with van der Waals surface area (Å²) in [6.07, 6.45) is 2.81. The first-order valence-corrected chi connectivity index (χ1v) is 9.35. The van der Waals surface area contributed by atoms with Crippen molar-refractivity contribution in [3.8, 4) is 11.3 Å². The molecule has 0 N–H and O–H groups in total. The van der Waals surface area contributed by atoms with Crippen LogP contribution in [-0.4, -0.2) is 10.7 Å². The number of aromatic nitrogens is 1. The largest absolute Gasteiger partial charge is 0.256 e. The van der Waals surface area contributed by atoms with Gasteiger partial charge in [-0.25, -0.2) is 0 Å². The molecule has 1 aliphatic heterocycles. The predicted octanol–water partition coefficient (Wildman–Crippen LogP) is 6.50. The summed E-state index contributed by atoms with van der Waals surface area (Å²) in [7, 11) is 0. The molecule has 1 aliphatic rings. The minimum absolute atomic E-state index is 0.472. The van der Waals surface area contributed by atoms with Crippen LogP contribution in [0, 0.1) is 0 Å². The minimum Gasteiger partial charge on any atom is -0.256 e. The smallest absolute Gasteiger partial charge is 0.0702 e. The average Bonchev–Trinajstić information content (AvgIpc) is 2.68. The molecule has 26 heavy (non-hydrogen) atoms. The Morgan fingerprint density at radius 2 is 1.73 bits per heavy atom. The van der Waals surface area contributed by atoms with E-state index in [1.54, 1.807) is 0 Å². The SMILES string of the molecule is CC(C)c1cccc2c1N=C(c1cccc(-c3ccccn3)c1)CC2C. The summed E-state index contributed by atoms with van der Waals surface area (Å²) in [4.78, 5) is 9.60. The van der Waals surface area contributed by atoms with Crippen LogP contribution >= 0.6 is 0 Å². The van der Waals surface area contributed by atoms with Crippen molar-refractivity contribution in [2.45, 2.75) is 39.0 Å². The van der Waals surface area contributed by atoms with Crippen LogP contribution in [0.1, 0.15) is 55.7 Å². The van der Waals surface area contributed by atoms with Crippen LogP contribution in [0.25, 0.3) is 11.3 Å². The van der Waals surface area contributed by atoms with Crippen molar-refractivity contribution in [2.75, 3.05) is 0 Å². The average molecular weight is 340 g/mol. The maximum absolute atomic E-state index is 5.12. The van der Waals surface area contributed by atoms with Gasteiger partial charge in [0.2, 0.25) is 0 Å². The Balaban J connectivity index is 1.80. The highest BCUT2D eigenvalue weighted by atomic mass is 14.8. The summed E-state index contributed by atoms with van der Waals surface area (Å²) in [5.74, 6) is 0.954. The number of pyridine rings is 1. The van der Waals surface area contributed by atoms with Crippen molar-refractivity contribution >= 4 is 11.4 Å². The topological polar surface area (TPSA) is 25.2 Å². The van der Waals surface area contributed by atoms with Gasteiger partial charge >= 0.3 is 0 Å². The van der Waals surface area contributed by atoms with Gasteiger partial charge in [0.15, 0.2) is 0 Å². The fourth-order valence-corrected chi connectivity index (χ4v) is 3.73. The van der Waals surface area contributed by atoms with Gasteiger partial charge in [-0.05, 0) is 53.1 Å². The summed E-state index contributed by atoms with van der Waals surface area (Å²) in [5, 5.41) is 0. The molecule has 2 heterocycles. The molecule has 0 fully saturated rings. The molecule has 0 bridgehead atoms. The Morgan fingerprint density at radius 1 is 0.923 bits per heavy atom. The number of hydrogen-bond acceptors (Lipinski definition) is 2. The van der Waals surface area contributed by atoms with Crippen molar-refractivity contribution in [1.82, 2.24) is 4.98 Å². The third-order valence-electron chi connectivity index (χ3n) is 5.15. The molecule has 4 rings (SSSR count). The van der Waals surface area contributed by atoms with Gasteiger partial charge in [0.1, 0.15) is 0 Å². The lowest BCUT2D eigenvalue weighted by Gasteiger charge is -2.25. The van der Waals surface area contributed by atoms with Crippen molar-refractivity contribution < 1.29 is 0 Å². The van der Waals surface area contributed by atoms with Gasteiger partial charge in [-0.1, -0.05) is 63.2 Å². The van der Waals surface area contributed by atoms with E-state index in [1.807, 2.05) is 18.3 Å². The molecule has 0 radical (unpaired) electrons. The molecule has 0 spiro atoms. The van der Waals surface area contributed by atoms with Crippen LogP contribution in [0.5, 0.6) is 0 Å². The number of aliphatic imine (C=N–C) groups is 1. The summed E-state index contributed by atoms with van der Waals surface area (Å²) in [5.41, 5.74) is 8.41. The zero-order chi connectivity index (χ0) is 18.1. The first kappa shape index (κ1) is 16.7. The predicted molar refractivity (Wildman–Crippen MR) is 109 cm³/mol. The standard InChI is InChI=1S/C24H24N2/c1-16(2)20-10-7-11-21-17(3)14-23(26-24(20)21)19-9-6-8-18(15-19)22-12-4-5-13-25-22/h4-13,15-17H,14H2,1-3H3. The normalized spacial score (nSPS) is 16.3. The number of nitrogens with zero attached hydrogens (tertiary/aromatic N) is 2. The maximum Gasteiger partial charge on any atom is 0.0702 e. The molecule has 2 aromatic carbocycles. The lowest BCUT2D eigenvalue weighted by atomic mass is 9.85. The highest BCUT2D eigenvalue weighted by Crippen LogP contribution is 2.40. The monoisotopic (exact) mass is 340 g/mol. The lowest BCUT2D eigenvalue weighted by molar-refractivity contribution is 0.779. The summed E-state index contributed by atoms with van der Waals surface area (Å²) in [6.45, 7) is 6.79. The zero-order valence-electron chi connectivity index (χ0n) is 15.6.